The molecule has 5 nitrogen and oxygen atoms in total. The molecule has 0 bridgehead atoms. The summed E-state index contributed by atoms with van der Waals surface area (Å²) in [5.41, 5.74) is -0.0135. The van der Waals surface area contributed by atoms with Crippen molar-refractivity contribution in [2.45, 2.75) is 45.8 Å². The molecule has 0 fully saturated rings. The summed E-state index contributed by atoms with van der Waals surface area (Å²) in [4.78, 5) is 16.5. The van der Waals surface area contributed by atoms with Crippen molar-refractivity contribution in [2.75, 3.05) is 0 Å². The molecule has 1 N–H and O–H groups in total. The van der Waals surface area contributed by atoms with Crippen LogP contribution < -0.4 is 4.74 Å². The van der Waals surface area contributed by atoms with E-state index in [0.29, 0.717) is 21.9 Å². The number of halogens is 3. The Hall–Kier alpha value is -2.91. The fraction of sp³-hybridized carbons (Fsp3) is 0.304. The molecule has 170 valence electrons. The number of hydrogen-bond acceptors (Lipinski definition) is 5. The molecule has 0 saturated carbocycles. The monoisotopic (exact) mass is 465 g/mol. The van der Waals surface area contributed by atoms with Crippen LogP contribution in [0.15, 0.2) is 48.5 Å². The molecule has 0 aliphatic carbocycles. The summed E-state index contributed by atoms with van der Waals surface area (Å²) in [5.74, 6) is -0.510. The van der Waals surface area contributed by atoms with Crippen molar-refractivity contribution >= 4 is 17.3 Å². The van der Waals surface area contributed by atoms with Crippen molar-refractivity contribution in [1.29, 1.82) is 0 Å². The number of aromatic nitrogens is 1. The summed E-state index contributed by atoms with van der Waals surface area (Å²) in [6.45, 7) is 5.04. The van der Waals surface area contributed by atoms with Gasteiger partial charge in [-0.2, -0.15) is 13.2 Å². The molecule has 0 aliphatic rings. The zero-order valence-electron chi connectivity index (χ0n) is 17.7. The lowest BCUT2D eigenvalue weighted by Gasteiger charge is -2.21. The predicted molar refractivity (Wildman–Crippen MR) is 115 cm³/mol. The number of carbonyl (C=O) groups is 1. The molecule has 0 radical (unpaired) electrons. The molecule has 0 unspecified atom stereocenters. The van der Waals surface area contributed by atoms with E-state index in [1.165, 1.54) is 37.3 Å². The topological polar surface area (TPSA) is 68.7 Å². The van der Waals surface area contributed by atoms with Crippen molar-refractivity contribution in [3.05, 3.63) is 70.2 Å². The van der Waals surface area contributed by atoms with Crippen molar-refractivity contribution in [3.63, 3.8) is 0 Å². The summed E-state index contributed by atoms with van der Waals surface area (Å²) in [5, 5.41) is 9.81. The minimum atomic E-state index is -4.38. The summed E-state index contributed by atoms with van der Waals surface area (Å²) < 4.78 is 49.8. The van der Waals surface area contributed by atoms with Gasteiger partial charge in [0.1, 0.15) is 17.4 Å². The highest BCUT2D eigenvalue weighted by Crippen LogP contribution is 2.33. The van der Waals surface area contributed by atoms with Crippen LogP contribution in [0.1, 0.15) is 35.5 Å². The number of aryl methyl sites for hydroxylation is 1. The van der Waals surface area contributed by atoms with E-state index in [1.54, 1.807) is 24.3 Å². The number of nitrogens with zero attached hydrogens (tertiary/aromatic N) is 1. The maximum Gasteiger partial charge on any atom is 0.416 e. The van der Waals surface area contributed by atoms with Gasteiger partial charge in [0.2, 0.25) is 0 Å². The molecule has 0 saturated heterocycles. The zero-order chi connectivity index (χ0) is 23.5. The van der Waals surface area contributed by atoms with Gasteiger partial charge in [0, 0.05) is 11.1 Å². The molecule has 3 rings (SSSR count). The van der Waals surface area contributed by atoms with Gasteiger partial charge in [-0.15, -0.1) is 11.3 Å². The molecule has 0 spiro atoms. The second kappa shape index (κ2) is 9.30. The number of hydrogen-bond donors (Lipinski definition) is 1. The fourth-order valence-corrected chi connectivity index (χ4v) is 3.70. The van der Waals surface area contributed by atoms with Gasteiger partial charge in [-0.3, -0.25) is 0 Å². The minimum absolute atomic E-state index is 0.0634. The maximum atomic E-state index is 12.8. The first-order chi connectivity index (χ1) is 15.0. The lowest BCUT2D eigenvalue weighted by molar-refractivity contribution is -0.162. The largest absolute Gasteiger partial charge is 0.488 e. The zero-order valence-corrected chi connectivity index (χ0v) is 18.5. The van der Waals surface area contributed by atoms with Crippen LogP contribution in [0.25, 0.3) is 10.6 Å². The van der Waals surface area contributed by atoms with Crippen molar-refractivity contribution in [1.82, 2.24) is 4.98 Å². The number of carboxylic acid groups (broad SMARTS) is 1. The lowest BCUT2D eigenvalue weighted by atomic mass is 10.1. The lowest BCUT2D eigenvalue weighted by Crippen LogP contribution is -2.34. The second-order valence-corrected chi connectivity index (χ2v) is 8.69. The third-order valence-corrected chi connectivity index (χ3v) is 5.97. The number of carboxylic acids is 1. The Morgan fingerprint density at radius 2 is 1.72 bits per heavy atom. The van der Waals surface area contributed by atoms with Crippen LogP contribution in [0.5, 0.6) is 5.75 Å². The number of thiazole rings is 1. The van der Waals surface area contributed by atoms with E-state index in [1.807, 2.05) is 6.92 Å². The number of rotatable bonds is 8. The van der Waals surface area contributed by atoms with Gasteiger partial charge in [0.05, 0.1) is 22.7 Å². The van der Waals surface area contributed by atoms with Gasteiger partial charge in [0.25, 0.3) is 0 Å². The highest BCUT2D eigenvalue weighted by molar-refractivity contribution is 7.15. The average molecular weight is 465 g/mol. The Morgan fingerprint density at radius 3 is 2.34 bits per heavy atom. The van der Waals surface area contributed by atoms with E-state index in [2.05, 4.69) is 4.98 Å². The molecule has 1 aromatic heterocycles. The third kappa shape index (κ3) is 5.66. The van der Waals surface area contributed by atoms with Gasteiger partial charge >= 0.3 is 12.1 Å². The molecule has 9 heteroatoms. The van der Waals surface area contributed by atoms with Crippen molar-refractivity contribution in [2.24, 2.45) is 0 Å². The van der Waals surface area contributed by atoms with Crippen LogP contribution in [0.3, 0.4) is 0 Å². The quantitative estimate of drug-likeness (QED) is 0.436. The van der Waals surface area contributed by atoms with Gasteiger partial charge in [-0.25, -0.2) is 9.78 Å². The number of benzene rings is 2. The van der Waals surface area contributed by atoms with Gasteiger partial charge in [0.15, 0.2) is 5.60 Å². The normalized spacial score (nSPS) is 12.1. The van der Waals surface area contributed by atoms with E-state index in [-0.39, 0.29) is 13.2 Å². The molecule has 2 aromatic carbocycles. The Kier molecular flexibility index (Phi) is 6.90. The molecular weight excluding hydrogens is 443 g/mol. The molecule has 0 amide bonds. The number of ether oxygens (including phenoxy) is 2. The van der Waals surface area contributed by atoms with E-state index < -0.39 is 23.3 Å². The van der Waals surface area contributed by atoms with Gasteiger partial charge in [-0.1, -0.05) is 30.3 Å². The fourth-order valence-electron chi connectivity index (χ4n) is 2.71. The van der Waals surface area contributed by atoms with Crippen LogP contribution in [-0.4, -0.2) is 21.7 Å². The van der Waals surface area contributed by atoms with Gasteiger partial charge in [-0.05, 0) is 39.0 Å². The molecular formula is C23H22F3NO4S. The molecule has 0 aliphatic heterocycles. The van der Waals surface area contributed by atoms with Crippen molar-refractivity contribution < 1.29 is 32.5 Å². The average Bonchev–Trinajstić information content (AvgIpc) is 3.11. The first-order valence-electron chi connectivity index (χ1n) is 9.69. The Balaban J connectivity index is 1.71. The molecule has 0 atom stereocenters. The first-order valence-corrected chi connectivity index (χ1v) is 10.5. The van der Waals surface area contributed by atoms with E-state index in [9.17, 15) is 23.1 Å². The Morgan fingerprint density at radius 1 is 1.06 bits per heavy atom. The number of para-hydroxylation sites is 1. The molecule has 32 heavy (non-hydrogen) atoms. The standard InChI is InChI=1S/C23H22F3NO4S/c1-14-19(32-20(27-14)15-8-10-17(11-9-15)23(24,25)26)13-30-18-7-5-4-6-16(18)12-31-22(2,3)21(28)29/h4-11H,12-13H2,1-3H3,(H,28,29). The molecule has 3 aromatic rings. The van der Waals surface area contributed by atoms with E-state index in [0.717, 1.165) is 22.7 Å². The Labute approximate surface area is 187 Å². The SMILES string of the molecule is Cc1nc(-c2ccc(C(F)(F)F)cc2)sc1COc1ccccc1COC(C)(C)C(=O)O. The summed E-state index contributed by atoms with van der Waals surface area (Å²) in [6.07, 6.45) is -4.38. The molecule has 1 heterocycles. The van der Waals surface area contributed by atoms with Crippen LogP contribution in [0.4, 0.5) is 13.2 Å². The highest BCUT2D eigenvalue weighted by Gasteiger charge is 2.30. The summed E-state index contributed by atoms with van der Waals surface area (Å²) in [7, 11) is 0. The predicted octanol–water partition coefficient (Wildman–Crippen LogP) is 6.10. The van der Waals surface area contributed by atoms with Crippen LogP contribution in [-0.2, 0) is 28.9 Å². The summed E-state index contributed by atoms with van der Waals surface area (Å²) in [6, 6.07) is 12.0. The summed E-state index contributed by atoms with van der Waals surface area (Å²) >= 11 is 1.35. The Bertz CT molecular complexity index is 1090. The number of alkyl halides is 3. The van der Waals surface area contributed by atoms with Crippen LogP contribution in [0, 0.1) is 6.92 Å². The van der Waals surface area contributed by atoms with E-state index in [4.69, 9.17) is 9.47 Å². The van der Waals surface area contributed by atoms with E-state index >= 15 is 0 Å². The smallest absolute Gasteiger partial charge is 0.416 e. The third-order valence-electron chi connectivity index (χ3n) is 4.79. The van der Waals surface area contributed by atoms with Crippen LogP contribution >= 0.6 is 11.3 Å². The number of aliphatic carboxylic acids is 1. The minimum Gasteiger partial charge on any atom is -0.488 e. The second-order valence-electron chi connectivity index (χ2n) is 7.60. The maximum absolute atomic E-state index is 12.8. The van der Waals surface area contributed by atoms with Crippen molar-refractivity contribution in [3.8, 4) is 16.3 Å². The van der Waals surface area contributed by atoms with Crippen LogP contribution in [0.2, 0.25) is 0 Å². The van der Waals surface area contributed by atoms with Gasteiger partial charge < -0.3 is 14.6 Å². The first kappa shape index (κ1) is 23.7. The highest BCUT2D eigenvalue weighted by atomic mass is 32.1.